The third kappa shape index (κ3) is 3.51. The van der Waals surface area contributed by atoms with Crippen molar-refractivity contribution in [3.8, 4) is 5.75 Å². The fourth-order valence-corrected chi connectivity index (χ4v) is 1.76. The first-order valence-electron chi connectivity index (χ1n) is 5.84. The van der Waals surface area contributed by atoms with Crippen LogP contribution in [0.5, 0.6) is 5.75 Å². The van der Waals surface area contributed by atoms with Crippen LogP contribution in [0.1, 0.15) is 16.7 Å². The van der Waals surface area contributed by atoms with Crippen LogP contribution in [-0.2, 0) is 6.61 Å². The maximum atomic E-state index is 13.6. The number of halogens is 1. The summed E-state index contributed by atoms with van der Waals surface area (Å²) in [5.74, 6) is 0.373. The van der Waals surface area contributed by atoms with Crippen LogP contribution < -0.4 is 10.5 Å². The summed E-state index contributed by atoms with van der Waals surface area (Å²) in [6.07, 6.45) is 0. The van der Waals surface area contributed by atoms with Crippen LogP contribution >= 0.6 is 12.2 Å². The predicted octanol–water partition coefficient (Wildman–Crippen LogP) is 3.35. The molecule has 0 amide bonds. The fourth-order valence-electron chi connectivity index (χ4n) is 1.63. The molecule has 2 N–H and O–H groups in total. The molecule has 98 valence electrons. The van der Waals surface area contributed by atoms with Crippen LogP contribution in [0.25, 0.3) is 0 Å². The van der Waals surface area contributed by atoms with Crippen LogP contribution in [-0.4, -0.2) is 4.99 Å². The Balaban J connectivity index is 2.12. The van der Waals surface area contributed by atoms with Gasteiger partial charge in [0.15, 0.2) is 0 Å². The molecular formula is C15H14FNOS. The van der Waals surface area contributed by atoms with Crippen molar-refractivity contribution in [2.45, 2.75) is 13.5 Å². The first kappa shape index (κ1) is 13.5. The van der Waals surface area contributed by atoms with E-state index in [-0.39, 0.29) is 17.4 Å². The number of aryl methyl sites for hydroxylation is 1. The molecule has 0 unspecified atom stereocenters. The molecule has 0 bridgehead atoms. The van der Waals surface area contributed by atoms with Crippen LogP contribution in [0.4, 0.5) is 4.39 Å². The van der Waals surface area contributed by atoms with Crippen molar-refractivity contribution in [2.75, 3.05) is 0 Å². The zero-order valence-corrected chi connectivity index (χ0v) is 11.3. The van der Waals surface area contributed by atoms with Crippen molar-refractivity contribution in [3.63, 3.8) is 0 Å². The molecule has 4 heteroatoms. The number of thiocarbonyl (C=S) groups is 1. The summed E-state index contributed by atoms with van der Waals surface area (Å²) in [7, 11) is 0. The summed E-state index contributed by atoms with van der Waals surface area (Å²) in [5, 5.41) is 0. The number of hydrogen-bond acceptors (Lipinski definition) is 2. The Labute approximate surface area is 117 Å². The zero-order valence-electron chi connectivity index (χ0n) is 10.5. The molecule has 0 aromatic heterocycles. The highest BCUT2D eigenvalue weighted by molar-refractivity contribution is 7.80. The van der Waals surface area contributed by atoms with Crippen molar-refractivity contribution in [3.05, 3.63) is 65.0 Å². The summed E-state index contributed by atoms with van der Waals surface area (Å²) >= 11 is 4.87. The standard InChI is InChI=1S/C15H14FNOS/c1-10-2-5-13(6-3-10)18-9-12-8-11(15(17)19)4-7-14(12)16/h2-8H,9H2,1H3,(H2,17,19). The number of rotatable bonds is 4. The van der Waals surface area contributed by atoms with Gasteiger partial charge in [-0.15, -0.1) is 0 Å². The molecule has 0 atom stereocenters. The molecule has 2 aromatic rings. The van der Waals surface area contributed by atoms with E-state index in [1.807, 2.05) is 31.2 Å². The van der Waals surface area contributed by atoms with E-state index < -0.39 is 0 Å². The third-order valence-electron chi connectivity index (χ3n) is 2.75. The maximum absolute atomic E-state index is 13.6. The highest BCUT2D eigenvalue weighted by atomic mass is 32.1. The second-order valence-corrected chi connectivity index (χ2v) is 4.71. The average Bonchev–Trinajstić information content (AvgIpc) is 2.39. The largest absolute Gasteiger partial charge is 0.489 e. The summed E-state index contributed by atoms with van der Waals surface area (Å²) in [5.41, 5.74) is 7.75. The Kier molecular flexibility index (Phi) is 4.12. The average molecular weight is 275 g/mol. The van der Waals surface area contributed by atoms with Crippen molar-refractivity contribution in [1.82, 2.24) is 0 Å². The second-order valence-electron chi connectivity index (χ2n) is 4.27. The minimum absolute atomic E-state index is 0.144. The molecule has 0 saturated carbocycles. The van der Waals surface area contributed by atoms with Gasteiger partial charge in [-0.25, -0.2) is 4.39 Å². The van der Waals surface area contributed by atoms with Crippen LogP contribution in [0.3, 0.4) is 0 Å². The lowest BCUT2D eigenvalue weighted by Gasteiger charge is -2.09. The van der Waals surface area contributed by atoms with E-state index in [4.69, 9.17) is 22.7 Å². The van der Waals surface area contributed by atoms with Gasteiger partial charge in [0.25, 0.3) is 0 Å². The topological polar surface area (TPSA) is 35.2 Å². The quantitative estimate of drug-likeness (QED) is 0.869. The molecule has 0 radical (unpaired) electrons. The van der Waals surface area contributed by atoms with Gasteiger partial charge in [0.2, 0.25) is 0 Å². The molecule has 0 spiro atoms. The zero-order chi connectivity index (χ0) is 13.8. The highest BCUT2D eigenvalue weighted by Gasteiger charge is 2.06. The Morgan fingerprint density at radius 2 is 1.89 bits per heavy atom. The lowest BCUT2D eigenvalue weighted by atomic mass is 10.1. The molecule has 2 nitrogen and oxygen atoms in total. The van der Waals surface area contributed by atoms with Gasteiger partial charge in [-0.05, 0) is 37.3 Å². The molecule has 0 aliphatic rings. The van der Waals surface area contributed by atoms with E-state index in [9.17, 15) is 4.39 Å². The summed E-state index contributed by atoms with van der Waals surface area (Å²) in [6.45, 7) is 2.14. The normalized spacial score (nSPS) is 10.2. The molecule has 0 saturated heterocycles. The number of hydrogen-bond donors (Lipinski definition) is 1. The van der Waals surface area contributed by atoms with Gasteiger partial charge in [-0.1, -0.05) is 29.9 Å². The fraction of sp³-hybridized carbons (Fsp3) is 0.133. The van der Waals surface area contributed by atoms with Crippen molar-refractivity contribution < 1.29 is 9.13 Å². The van der Waals surface area contributed by atoms with Crippen molar-refractivity contribution >= 4 is 17.2 Å². The minimum atomic E-state index is -0.327. The number of benzene rings is 2. The van der Waals surface area contributed by atoms with Crippen LogP contribution in [0, 0.1) is 12.7 Å². The monoisotopic (exact) mass is 275 g/mol. The van der Waals surface area contributed by atoms with Gasteiger partial charge in [-0.3, -0.25) is 0 Å². The smallest absolute Gasteiger partial charge is 0.129 e. The molecular weight excluding hydrogens is 261 g/mol. The second kappa shape index (κ2) is 5.80. The first-order chi connectivity index (χ1) is 9.06. The van der Waals surface area contributed by atoms with Gasteiger partial charge in [-0.2, -0.15) is 0 Å². The van der Waals surface area contributed by atoms with Crippen LogP contribution in [0.15, 0.2) is 42.5 Å². The molecule has 0 fully saturated rings. The summed E-state index contributed by atoms with van der Waals surface area (Å²) in [4.78, 5) is 0.247. The van der Waals surface area contributed by atoms with Gasteiger partial charge < -0.3 is 10.5 Å². The van der Waals surface area contributed by atoms with E-state index in [1.165, 1.54) is 6.07 Å². The van der Waals surface area contributed by atoms with E-state index in [0.29, 0.717) is 16.9 Å². The molecule has 0 aliphatic carbocycles. The van der Waals surface area contributed by atoms with Gasteiger partial charge >= 0.3 is 0 Å². The summed E-state index contributed by atoms with van der Waals surface area (Å²) < 4.78 is 19.2. The predicted molar refractivity (Wildman–Crippen MR) is 77.8 cm³/mol. The lowest BCUT2D eigenvalue weighted by Crippen LogP contribution is -2.10. The van der Waals surface area contributed by atoms with E-state index >= 15 is 0 Å². The van der Waals surface area contributed by atoms with Gasteiger partial charge in [0.05, 0.1) is 0 Å². The third-order valence-corrected chi connectivity index (χ3v) is 2.98. The van der Waals surface area contributed by atoms with E-state index in [2.05, 4.69) is 0 Å². The van der Waals surface area contributed by atoms with Crippen molar-refractivity contribution in [2.24, 2.45) is 5.73 Å². The number of ether oxygens (including phenoxy) is 1. The Bertz CT molecular complexity index is 596. The Morgan fingerprint density at radius 3 is 2.53 bits per heavy atom. The van der Waals surface area contributed by atoms with E-state index in [0.717, 1.165) is 5.56 Å². The van der Waals surface area contributed by atoms with Crippen LogP contribution in [0.2, 0.25) is 0 Å². The SMILES string of the molecule is Cc1ccc(OCc2cc(C(N)=S)ccc2F)cc1. The van der Waals surface area contributed by atoms with Gasteiger partial charge in [0.1, 0.15) is 23.2 Å². The molecule has 2 rings (SSSR count). The Morgan fingerprint density at radius 1 is 1.21 bits per heavy atom. The van der Waals surface area contributed by atoms with E-state index in [1.54, 1.807) is 12.1 Å². The minimum Gasteiger partial charge on any atom is -0.489 e. The highest BCUT2D eigenvalue weighted by Crippen LogP contribution is 2.16. The number of nitrogens with two attached hydrogens (primary N) is 1. The molecule has 0 aliphatic heterocycles. The lowest BCUT2D eigenvalue weighted by molar-refractivity contribution is 0.300. The van der Waals surface area contributed by atoms with Gasteiger partial charge in [0, 0.05) is 11.1 Å². The van der Waals surface area contributed by atoms with Crippen molar-refractivity contribution in [1.29, 1.82) is 0 Å². The summed E-state index contributed by atoms with van der Waals surface area (Å²) in [6, 6.07) is 12.1. The molecule has 19 heavy (non-hydrogen) atoms. The maximum Gasteiger partial charge on any atom is 0.129 e. The molecule has 0 heterocycles. The molecule has 2 aromatic carbocycles. The first-order valence-corrected chi connectivity index (χ1v) is 6.25. The Hall–Kier alpha value is -1.94.